The minimum Gasteiger partial charge on any atom is -0.396 e. The van der Waals surface area contributed by atoms with Crippen molar-refractivity contribution in [3.63, 3.8) is 0 Å². The Labute approximate surface area is 106 Å². The van der Waals surface area contributed by atoms with Crippen molar-refractivity contribution >= 4 is 23.1 Å². The van der Waals surface area contributed by atoms with Gasteiger partial charge >= 0.3 is 0 Å². The van der Waals surface area contributed by atoms with Crippen LogP contribution < -0.4 is 17.0 Å². The van der Waals surface area contributed by atoms with Crippen LogP contribution >= 0.6 is 0 Å². The van der Waals surface area contributed by atoms with Crippen molar-refractivity contribution in [3.8, 4) is 0 Å². The summed E-state index contributed by atoms with van der Waals surface area (Å²) in [5, 5.41) is 19.0. The molecule has 2 aromatic rings. The van der Waals surface area contributed by atoms with Crippen molar-refractivity contribution in [1.29, 1.82) is 0 Å². The largest absolute Gasteiger partial charge is 0.396 e. The van der Waals surface area contributed by atoms with Gasteiger partial charge in [0, 0.05) is 12.5 Å². The zero-order valence-corrected chi connectivity index (χ0v) is 9.95. The van der Waals surface area contributed by atoms with E-state index in [4.69, 9.17) is 16.6 Å². The third-order valence-electron chi connectivity index (χ3n) is 3.58. The Morgan fingerprint density at radius 3 is 2.79 bits per heavy atom. The molecule has 0 spiro atoms. The molecular formula is C10H14N6O3. The van der Waals surface area contributed by atoms with E-state index in [0.29, 0.717) is 6.42 Å². The number of aromatic amines is 1. The smallest absolute Gasteiger partial charge is 0.280 e. The van der Waals surface area contributed by atoms with E-state index in [2.05, 4.69) is 15.0 Å². The Morgan fingerprint density at radius 2 is 2.16 bits per heavy atom. The Morgan fingerprint density at radius 1 is 1.42 bits per heavy atom. The number of rotatable bonds is 2. The van der Waals surface area contributed by atoms with Gasteiger partial charge in [-0.15, -0.1) is 0 Å². The molecule has 3 unspecified atom stereocenters. The topological polar surface area (TPSA) is 156 Å². The average molecular weight is 266 g/mol. The average Bonchev–Trinajstić information content (AvgIpc) is 2.66. The first-order valence-electron chi connectivity index (χ1n) is 5.85. The maximum Gasteiger partial charge on any atom is 0.280 e. The van der Waals surface area contributed by atoms with Gasteiger partial charge in [-0.1, -0.05) is 0 Å². The highest BCUT2D eigenvalue weighted by molar-refractivity contribution is 5.74. The number of nitrogens with one attached hydrogen (secondary N) is 1. The molecule has 0 bridgehead atoms. The lowest BCUT2D eigenvalue weighted by atomic mass is 9.77. The molecule has 1 saturated carbocycles. The standard InChI is InChI=1S/C10H14N6O3/c11-9-14-7-5(8(19)15-9)13-10(12)16(7)4-1-3(2-17)6(4)18/h3-4,6,17-18H,1-2H2,(H2,12,13)(H3,11,14,15,19). The van der Waals surface area contributed by atoms with Gasteiger partial charge in [0.1, 0.15) is 0 Å². The summed E-state index contributed by atoms with van der Waals surface area (Å²) in [6.07, 6.45) is -0.200. The number of nitrogens with zero attached hydrogens (tertiary/aromatic N) is 3. The van der Waals surface area contributed by atoms with Crippen LogP contribution in [0.1, 0.15) is 12.5 Å². The first kappa shape index (κ1) is 11.9. The van der Waals surface area contributed by atoms with Crippen LogP contribution in [0, 0.1) is 5.92 Å². The van der Waals surface area contributed by atoms with Gasteiger partial charge in [0.2, 0.25) is 11.9 Å². The molecule has 2 aromatic heterocycles. The fraction of sp³-hybridized carbons (Fsp3) is 0.500. The summed E-state index contributed by atoms with van der Waals surface area (Å²) in [5.74, 6) is -0.133. The zero-order valence-electron chi connectivity index (χ0n) is 9.95. The number of hydrogen-bond donors (Lipinski definition) is 5. The monoisotopic (exact) mass is 266 g/mol. The number of anilines is 2. The molecule has 3 rings (SSSR count). The maximum atomic E-state index is 11.7. The number of aliphatic hydroxyl groups excluding tert-OH is 2. The number of imidazole rings is 1. The minimum atomic E-state index is -0.744. The van der Waals surface area contributed by atoms with E-state index in [1.807, 2.05) is 0 Å². The number of nitrogen functional groups attached to an aromatic ring is 2. The minimum absolute atomic E-state index is 0.0360. The second-order valence-corrected chi connectivity index (χ2v) is 4.70. The molecule has 7 N–H and O–H groups in total. The van der Waals surface area contributed by atoms with Crippen LogP contribution in [-0.4, -0.2) is 42.4 Å². The van der Waals surface area contributed by atoms with Gasteiger partial charge in [-0.2, -0.15) is 4.98 Å². The van der Waals surface area contributed by atoms with Crippen molar-refractivity contribution < 1.29 is 10.2 Å². The second kappa shape index (κ2) is 3.93. The summed E-state index contributed by atoms with van der Waals surface area (Å²) >= 11 is 0. The Hall–Kier alpha value is -2.13. The lowest BCUT2D eigenvalue weighted by Crippen LogP contribution is -2.45. The van der Waals surface area contributed by atoms with Crippen LogP contribution in [0.15, 0.2) is 4.79 Å². The van der Waals surface area contributed by atoms with Gasteiger partial charge in [-0.25, -0.2) is 4.98 Å². The van der Waals surface area contributed by atoms with Crippen molar-refractivity contribution in [3.05, 3.63) is 10.4 Å². The third kappa shape index (κ3) is 1.59. The van der Waals surface area contributed by atoms with Crippen LogP contribution in [0.5, 0.6) is 0 Å². The van der Waals surface area contributed by atoms with E-state index in [0.717, 1.165) is 0 Å². The molecule has 1 aliphatic rings. The van der Waals surface area contributed by atoms with Gasteiger partial charge in [0.25, 0.3) is 5.56 Å². The van der Waals surface area contributed by atoms with E-state index in [9.17, 15) is 9.90 Å². The van der Waals surface area contributed by atoms with E-state index < -0.39 is 11.7 Å². The second-order valence-electron chi connectivity index (χ2n) is 4.70. The molecular weight excluding hydrogens is 252 g/mol. The van der Waals surface area contributed by atoms with Gasteiger partial charge in [-0.3, -0.25) is 14.3 Å². The Bertz CT molecular complexity index is 692. The Balaban J connectivity index is 2.14. The lowest BCUT2D eigenvalue weighted by molar-refractivity contribution is -0.0542. The number of nitrogens with two attached hydrogens (primary N) is 2. The molecule has 9 heteroatoms. The zero-order chi connectivity index (χ0) is 13.7. The lowest BCUT2D eigenvalue weighted by Gasteiger charge is -2.41. The maximum absolute atomic E-state index is 11.7. The third-order valence-corrected chi connectivity index (χ3v) is 3.58. The Kier molecular flexibility index (Phi) is 2.47. The van der Waals surface area contributed by atoms with Crippen LogP contribution in [0.3, 0.4) is 0 Å². The molecule has 1 aliphatic carbocycles. The molecule has 0 aromatic carbocycles. The number of fused-ring (bicyclic) bond motifs is 1. The van der Waals surface area contributed by atoms with E-state index in [1.54, 1.807) is 0 Å². The van der Waals surface area contributed by atoms with E-state index in [1.165, 1.54) is 4.57 Å². The van der Waals surface area contributed by atoms with Crippen LogP contribution in [-0.2, 0) is 0 Å². The number of hydrogen-bond acceptors (Lipinski definition) is 7. The van der Waals surface area contributed by atoms with Crippen molar-refractivity contribution in [1.82, 2.24) is 19.5 Å². The van der Waals surface area contributed by atoms with Crippen molar-refractivity contribution in [2.75, 3.05) is 18.1 Å². The van der Waals surface area contributed by atoms with E-state index >= 15 is 0 Å². The summed E-state index contributed by atoms with van der Waals surface area (Å²) in [6, 6.07) is -0.351. The van der Waals surface area contributed by atoms with E-state index in [-0.39, 0.29) is 41.6 Å². The summed E-state index contributed by atoms with van der Waals surface area (Å²) in [7, 11) is 0. The van der Waals surface area contributed by atoms with Crippen LogP contribution in [0.4, 0.5) is 11.9 Å². The molecule has 1 fully saturated rings. The normalized spacial score (nSPS) is 26.5. The van der Waals surface area contributed by atoms with Crippen LogP contribution in [0.2, 0.25) is 0 Å². The van der Waals surface area contributed by atoms with Gasteiger partial charge in [-0.05, 0) is 6.42 Å². The predicted octanol–water partition coefficient (Wildman–Crippen LogP) is -1.80. The molecule has 0 radical (unpaired) electrons. The fourth-order valence-electron chi connectivity index (χ4n) is 2.49. The molecule has 2 heterocycles. The van der Waals surface area contributed by atoms with Gasteiger partial charge in [0.15, 0.2) is 11.2 Å². The molecule has 0 aliphatic heterocycles. The molecule has 9 nitrogen and oxygen atoms in total. The number of H-pyrrole nitrogens is 1. The molecule has 0 amide bonds. The van der Waals surface area contributed by atoms with Gasteiger partial charge in [0.05, 0.1) is 12.1 Å². The number of aliphatic hydroxyl groups is 2. The first-order chi connectivity index (χ1) is 9.02. The summed E-state index contributed by atoms with van der Waals surface area (Å²) in [4.78, 5) is 22.0. The summed E-state index contributed by atoms with van der Waals surface area (Å²) in [6.45, 7) is -0.0969. The number of aromatic nitrogens is 4. The molecule has 19 heavy (non-hydrogen) atoms. The molecule has 0 saturated heterocycles. The fourth-order valence-corrected chi connectivity index (χ4v) is 2.49. The van der Waals surface area contributed by atoms with Crippen molar-refractivity contribution in [2.45, 2.75) is 18.6 Å². The molecule has 3 atom stereocenters. The van der Waals surface area contributed by atoms with Crippen LogP contribution in [0.25, 0.3) is 11.2 Å². The van der Waals surface area contributed by atoms with Gasteiger partial charge < -0.3 is 21.7 Å². The highest BCUT2D eigenvalue weighted by Gasteiger charge is 2.42. The van der Waals surface area contributed by atoms with Crippen molar-refractivity contribution in [2.24, 2.45) is 5.92 Å². The SMILES string of the molecule is Nc1nc2c(nc(N)n2C2CC(CO)C2O)c(=O)[nH]1. The quantitative estimate of drug-likeness (QED) is 0.429. The summed E-state index contributed by atoms with van der Waals surface area (Å²) < 4.78 is 1.50. The highest BCUT2D eigenvalue weighted by atomic mass is 16.3. The summed E-state index contributed by atoms with van der Waals surface area (Å²) in [5.41, 5.74) is 11.1. The first-order valence-corrected chi connectivity index (χ1v) is 5.85. The highest BCUT2D eigenvalue weighted by Crippen LogP contribution is 2.40. The molecule has 102 valence electrons. The predicted molar refractivity (Wildman–Crippen MR) is 67.2 cm³/mol.